The number of fused-ring (bicyclic) bond motifs is 3. The molecule has 1 saturated heterocycles. The summed E-state index contributed by atoms with van der Waals surface area (Å²) in [5.41, 5.74) is 5.53. The van der Waals surface area contributed by atoms with E-state index in [1.165, 1.54) is 16.7 Å². The lowest BCUT2D eigenvalue weighted by Gasteiger charge is -2.33. The molecular formula is C33H37N3O5S. The average Bonchev–Trinajstić information content (AvgIpc) is 3.55. The molecule has 8 nitrogen and oxygen atoms in total. The zero-order valence-electron chi connectivity index (χ0n) is 23.9. The van der Waals surface area contributed by atoms with E-state index in [9.17, 15) is 19.5 Å². The van der Waals surface area contributed by atoms with E-state index in [4.69, 9.17) is 4.74 Å². The van der Waals surface area contributed by atoms with E-state index in [-0.39, 0.29) is 24.4 Å². The molecule has 220 valence electrons. The fourth-order valence-electron chi connectivity index (χ4n) is 5.94. The number of likely N-dealkylation sites (N-methyl/N-ethyl adjacent to an activating group) is 1. The minimum absolute atomic E-state index is 0.113. The normalized spacial score (nSPS) is 18.4. The third-order valence-corrected chi connectivity index (χ3v) is 9.25. The van der Waals surface area contributed by atoms with E-state index in [0.29, 0.717) is 18.7 Å². The van der Waals surface area contributed by atoms with Crippen molar-refractivity contribution in [2.24, 2.45) is 0 Å². The minimum atomic E-state index is -1.04. The molecule has 0 bridgehead atoms. The van der Waals surface area contributed by atoms with Gasteiger partial charge in [0.15, 0.2) is 0 Å². The Morgan fingerprint density at radius 1 is 1.00 bits per heavy atom. The van der Waals surface area contributed by atoms with E-state index in [0.717, 1.165) is 34.2 Å². The van der Waals surface area contributed by atoms with Crippen molar-refractivity contribution in [3.05, 3.63) is 95.6 Å². The minimum Gasteiger partial charge on any atom is -0.480 e. The quantitative estimate of drug-likeness (QED) is 0.319. The van der Waals surface area contributed by atoms with Gasteiger partial charge in [0, 0.05) is 24.8 Å². The number of hydrogen-bond donors (Lipinski definition) is 2. The van der Waals surface area contributed by atoms with Gasteiger partial charge in [-0.1, -0.05) is 92.2 Å². The number of carboxylic acids is 1. The van der Waals surface area contributed by atoms with Crippen LogP contribution in [-0.2, 0) is 20.9 Å². The highest BCUT2D eigenvalue weighted by Crippen LogP contribution is 2.44. The van der Waals surface area contributed by atoms with Gasteiger partial charge < -0.3 is 20.1 Å². The number of carbonyl (C=O) groups is 3. The Hall–Kier alpha value is -3.82. The molecule has 2 aliphatic rings. The number of nitrogens with zero attached hydrogens (tertiary/aromatic N) is 2. The smallest absolute Gasteiger partial charge is 0.407 e. The van der Waals surface area contributed by atoms with Crippen LogP contribution in [0.5, 0.6) is 0 Å². The van der Waals surface area contributed by atoms with Crippen molar-refractivity contribution < 1.29 is 24.2 Å². The summed E-state index contributed by atoms with van der Waals surface area (Å²) in [5.74, 6) is -1.23. The maximum Gasteiger partial charge on any atom is 0.407 e. The second-order valence-corrected chi connectivity index (χ2v) is 12.1. The number of hydrogen-bond acceptors (Lipinski definition) is 6. The Bertz CT molecular complexity index is 1370. The van der Waals surface area contributed by atoms with E-state index in [2.05, 4.69) is 29.6 Å². The van der Waals surface area contributed by atoms with Gasteiger partial charge in [0.2, 0.25) is 5.91 Å². The molecule has 3 atom stereocenters. The van der Waals surface area contributed by atoms with Crippen LogP contribution in [0.2, 0.25) is 0 Å². The zero-order chi connectivity index (χ0) is 29.6. The lowest BCUT2D eigenvalue weighted by atomic mass is 9.98. The van der Waals surface area contributed by atoms with Crippen LogP contribution in [0.15, 0.2) is 78.9 Å². The van der Waals surface area contributed by atoms with Crippen molar-refractivity contribution in [1.82, 2.24) is 15.1 Å². The van der Waals surface area contributed by atoms with Crippen LogP contribution in [0.4, 0.5) is 4.79 Å². The first-order valence-corrected chi connectivity index (χ1v) is 15.4. The number of carbonyl (C=O) groups excluding carboxylic acids is 2. The lowest BCUT2D eigenvalue weighted by Crippen LogP contribution is -2.57. The number of benzene rings is 3. The summed E-state index contributed by atoms with van der Waals surface area (Å²) in [4.78, 5) is 42.8. The highest BCUT2D eigenvalue weighted by atomic mass is 32.2. The van der Waals surface area contributed by atoms with Crippen LogP contribution in [0, 0.1) is 0 Å². The molecule has 2 N–H and O–H groups in total. The lowest BCUT2D eigenvalue weighted by molar-refractivity contribution is -0.150. The topological polar surface area (TPSA) is 99.2 Å². The van der Waals surface area contributed by atoms with Crippen molar-refractivity contribution in [2.75, 3.05) is 26.0 Å². The SMILES string of the molecule is CCCC1SCC(C(=O)O)N1C(=O)C(CN(C)Cc1ccccc1)NC(=O)OCC1c2ccccc2-c2ccccc21. The maximum absolute atomic E-state index is 14.0. The molecule has 9 heteroatoms. The van der Waals surface area contributed by atoms with Crippen LogP contribution < -0.4 is 5.32 Å². The molecule has 2 amide bonds. The van der Waals surface area contributed by atoms with Gasteiger partial charge in [0.1, 0.15) is 18.7 Å². The summed E-state index contributed by atoms with van der Waals surface area (Å²) in [6.45, 7) is 2.89. The Kier molecular flexibility index (Phi) is 9.49. The van der Waals surface area contributed by atoms with E-state index < -0.39 is 30.1 Å². The summed E-state index contributed by atoms with van der Waals surface area (Å²) in [7, 11) is 1.88. The number of carboxylic acid groups (broad SMARTS) is 1. The van der Waals surface area contributed by atoms with Gasteiger partial charge >= 0.3 is 12.1 Å². The standard InChI is InChI=1S/C33H37N3O5S/c1-3-11-30-36(29(21-42-30)32(38)39)31(37)28(19-35(2)18-22-12-5-4-6-13-22)34-33(40)41-20-27-25-16-9-7-14-23(25)24-15-8-10-17-26(24)27/h4-10,12-17,27-30H,3,11,18-21H2,1-2H3,(H,34,40)(H,38,39). The third-order valence-electron chi connectivity index (χ3n) is 7.89. The van der Waals surface area contributed by atoms with Gasteiger partial charge in [-0.2, -0.15) is 0 Å². The average molecular weight is 588 g/mol. The molecule has 0 saturated carbocycles. The first-order valence-electron chi connectivity index (χ1n) is 14.4. The maximum atomic E-state index is 14.0. The molecule has 1 fully saturated rings. The Balaban J connectivity index is 1.33. The fraction of sp³-hybridized carbons (Fsp3) is 0.364. The zero-order valence-corrected chi connectivity index (χ0v) is 24.8. The summed E-state index contributed by atoms with van der Waals surface area (Å²) in [6, 6.07) is 24.2. The molecule has 3 unspecified atom stereocenters. The van der Waals surface area contributed by atoms with Crippen molar-refractivity contribution in [3.63, 3.8) is 0 Å². The van der Waals surface area contributed by atoms with Gasteiger partial charge in [0.25, 0.3) is 0 Å². The molecule has 0 radical (unpaired) electrons. The number of rotatable bonds is 11. The monoisotopic (exact) mass is 587 g/mol. The van der Waals surface area contributed by atoms with Crippen LogP contribution in [0.3, 0.4) is 0 Å². The number of ether oxygens (including phenoxy) is 1. The molecule has 1 aliphatic heterocycles. The summed E-state index contributed by atoms with van der Waals surface area (Å²) in [5, 5.41) is 12.4. The van der Waals surface area contributed by atoms with Gasteiger partial charge in [-0.15, -0.1) is 11.8 Å². The molecule has 0 aromatic heterocycles. The molecule has 3 aromatic carbocycles. The van der Waals surface area contributed by atoms with Crippen LogP contribution in [0.25, 0.3) is 11.1 Å². The number of nitrogens with one attached hydrogen (secondary N) is 1. The van der Waals surface area contributed by atoms with Crippen molar-refractivity contribution in [2.45, 2.75) is 49.7 Å². The molecular weight excluding hydrogens is 550 g/mol. The second kappa shape index (κ2) is 13.4. The molecule has 42 heavy (non-hydrogen) atoms. The van der Waals surface area contributed by atoms with Crippen molar-refractivity contribution >= 4 is 29.7 Å². The molecule has 1 heterocycles. The number of aliphatic carboxylic acids is 1. The fourth-order valence-corrected chi connectivity index (χ4v) is 7.46. The third kappa shape index (κ3) is 6.47. The van der Waals surface area contributed by atoms with E-state index >= 15 is 0 Å². The van der Waals surface area contributed by atoms with E-state index in [1.54, 1.807) is 0 Å². The van der Waals surface area contributed by atoms with Crippen LogP contribution in [0.1, 0.15) is 42.4 Å². The first-order chi connectivity index (χ1) is 20.4. The predicted octanol–water partition coefficient (Wildman–Crippen LogP) is 5.18. The highest BCUT2D eigenvalue weighted by Gasteiger charge is 2.44. The van der Waals surface area contributed by atoms with Gasteiger partial charge in [-0.25, -0.2) is 9.59 Å². The molecule has 5 rings (SSSR count). The van der Waals surface area contributed by atoms with Crippen LogP contribution >= 0.6 is 11.8 Å². The predicted molar refractivity (Wildman–Crippen MR) is 164 cm³/mol. The Morgan fingerprint density at radius 3 is 2.24 bits per heavy atom. The van der Waals surface area contributed by atoms with Crippen molar-refractivity contribution in [1.29, 1.82) is 0 Å². The highest BCUT2D eigenvalue weighted by molar-refractivity contribution is 8.00. The summed E-state index contributed by atoms with van der Waals surface area (Å²) in [6.07, 6.45) is 0.790. The number of amides is 2. The summed E-state index contributed by atoms with van der Waals surface area (Å²) >= 11 is 1.48. The number of alkyl carbamates (subject to hydrolysis) is 1. The van der Waals surface area contributed by atoms with Crippen molar-refractivity contribution in [3.8, 4) is 11.1 Å². The first kappa shape index (κ1) is 29.7. The molecule has 3 aromatic rings. The van der Waals surface area contributed by atoms with Crippen LogP contribution in [-0.4, -0.2) is 76.3 Å². The summed E-state index contributed by atoms with van der Waals surface area (Å²) < 4.78 is 5.77. The largest absolute Gasteiger partial charge is 0.480 e. The van der Waals surface area contributed by atoms with Gasteiger partial charge in [-0.3, -0.25) is 9.69 Å². The molecule has 1 aliphatic carbocycles. The Labute approximate surface area is 251 Å². The Morgan fingerprint density at radius 2 is 1.62 bits per heavy atom. The van der Waals surface area contributed by atoms with Gasteiger partial charge in [-0.05, 0) is 41.3 Å². The second-order valence-electron chi connectivity index (χ2n) is 10.9. The number of thioether (sulfide) groups is 1. The van der Waals surface area contributed by atoms with E-state index in [1.807, 2.05) is 73.5 Å². The van der Waals surface area contributed by atoms with Gasteiger partial charge in [0.05, 0.1) is 5.37 Å². The molecule has 0 spiro atoms.